The molecular formula is C28H43N5O7. The summed E-state index contributed by atoms with van der Waals surface area (Å²) in [5, 5.41) is 20.3. The van der Waals surface area contributed by atoms with E-state index in [-0.39, 0.29) is 18.4 Å². The summed E-state index contributed by atoms with van der Waals surface area (Å²) < 4.78 is 5.32. The zero-order valence-corrected chi connectivity index (χ0v) is 24.0. The third kappa shape index (κ3) is 10.7. The van der Waals surface area contributed by atoms with Crippen LogP contribution in [0.15, 0.2) is 30.3 Å². The number of benzene rings is 1. The van der Waals surface area contributed by atoms with Crippen molar-refractivity contribution in [2.75, 3.05) is 18.4 Å². The number of rotatable bonds is 12. The van der Waals surface area contributed by atoms with E-state index < -0.39 is 47.6 Å². The predicted octanol–water partition coefficient (Wildman–Crippen LogP) is 3.09. The molecule has 2 rings (SSSR count). The van der Waals surface area contributed by atoms with Crippen molar-refractivity contribution in [2.45, 2.75) is 90.4 Å². The van der Waals surface area contributed by atoms with Crippen LogP contribution in [0.25, 0.3) is 0 Å². The lowest BCUT2D eigenvalue weighted by molar-refractivity contribution is -0.150. The Morgan fingerprint density at radius 3 is 2.33 bits per heavy atom. The zero-order valence-electron chi connectivity index (χ0n) is 24.0. The molecule has 0 aromatic heterocycles. The topological polar surface area (TPSA) is 166 Å². The fraction of sp³-hybridized carbons (Fsp3) is 0.607. The highest BCUT2D eigenvalue weighted by Gasteiger charge is 2.39. The summed E-state index contributed by atoms with van der Waals surface area (Å²) in [5.41, 5.74) is -0.115. The van der Waals surface area contributed by atoms with E-state index in [0.717, 1.165) is 0 Å². The Morgan fingerprint density at radius 2 is 1.73 bits per heavy atom. The van der Waals surface area contributed by atoms with Gasteiger partial charge in [-0.25, -0.2) is 14.4 Å². The quantitative estimate of drug-likeness (QED) is 0.245. The molecule has 5 N–H and O–H groups in total. The second-order valence-corrected chi connectivity index (χ2v) is 11.2. The Labute approximate surface area is 235 Å². The molecule has 0 bridgehead atoms. The molecular weight excluding hydrogens is 518 g/mol. The van der Waals surface area contributed by atoms with E-state index >= 15 is 0 Å². The number of carboxylic acid groups (broad SMARTS) is 1. The first-order valence-electron chi connectivity index (χ1n) is 13.7. The smallest absolute Gasteiger partial charge is 0.408 e. The molecule has 1 heterocycles. The van der Waals surface area contributed by atoms with Crippen LogP contribution in [0.1, 0.15) is 66.7 Å². The molecule has 40 heavy (non-hydrogen) atoms. The van der Waals surface area contributed by atoms with Crippen molar-refractivity contribution in [2.24, 2.45) is 5.92 Å². The SMILES string of the molecule is CC(C)[C@H](NC(=O)[C@H](CCCCNC(=O)Nc1ccccc1)NC(=O)OC(C)(C)C)C(=O)N1CCC[C@H]1C(=O)O. The van der Waals surface area contributed by atoms with Gasteiger partial charge in [0.05, 0.1) is 0 Å². The van der Waals surface area contributed by atoms with Gasteiger partial charge in [0.2, 0.25) is 11.8 Å². The van der Waals surface area contributed by atoms with E-state index in [1.807, 2.05) is 18.2 Å². The van der Waals surface area contributed by atoms with Crippen LogP contribution in [0.4, 0.5) is 15.3 Å². The summed E-state index contributed by atoms with van der Waals surface area (Å²) >= 11 is 0. The van der Waals surface area contributed by atoms with Crippen molar-refractivity contribution in [1.82, 2.24) is 20.9 Å². The second kappa shape index (κ2) is 15.1. The van der Waals surface area contributed by atoms with E-state index in [0.29, 0.717) is 44.5 Å². The standard InChI is InChI=1S/C28H43N5O7/c1-18(2)22(24(35)33-17-11-15-21(33)25(36)37)32-23(34)20(31-27(39)40-28(3,4)5)14-9-10-16-29-26(38)30-19-12-7-6-8-13-19/h6-8,12-13,18,20-22H,9-11,14-17H2,1-5H3,(H,31,39)(H,32,34)(H,36,37)(H2,29,30,38)/t20-,21-,22-/m0/s1. The van der Waals surface area contributed by atoms with Gasteiger partial charge in [-0.1, -0.05) is 32.0 Å². The molecule has 1 saturated heterocycles. The van der Waals surface area contributed by atoms with Gasteiger partial charge < -0.3 is 36.0 Å². The second-order valence-electron chi connectivity index (χ2n) is 11.2. The number of carbonyl (C=O) groups is 5. The normalized spacial score (nSPS) is 16.6. The lowest BCUT2D eigenvalue weighted by Gasteiger charge is -2.31. The van der Waals surface area contributed by atoms with Crippen LogP contribution in [-0.4, -0.2) is 76.7 Å². The Bertz CT molecular complexity index is 1030. The molecule has 5 amide bonds. The first-order valence-corrected chi connectivity index (χ1v) is 13.7. The summed E-state index contributed by atoms with van der Waals surface area (Å²) in [6.45, 7) is 9.29. The molecule has 1 aliphatic heterocycles. The molecule has 0 saturated carbocycles. The van der Waals surface area contributed by atoms with Crippen molar-refractivity contribution in [3.63, 3.8) is 0 Å². The molecule has 0 unspecified atom stereocenters. The zero-order chi connectivity index (χ0) is 29.9. The largest absolute Gasteiger partial charge is 0.480 e. The number of hydrogen-bond acceptors (Lipinski definition) is 6. The first kappa shape index (κ1) is 32.4. The molecule has 0 spiro atoms. The maximum Gasteiger partial charge on any atom is 0.408 e. The fourth-order valence-corrected chi connectivity index (χ4v) is 4.32. The average molecular weight is 562 g/mol. The minimum atomic E-state index is -1.07. The van der Waals surface area contributed by atoms with Gasteiger partial charge in [-0.2, -0.15) is 0 Å². The van der Waals surface area contributed by atoms with Gasteiger partial charge in [0.1, 0.15) is 23.7 Å². The number of nitrogens with one attached hydrogen (secondary N) is 4. The van der Waals surface area contributed by atoms with E-state index in [1.54, 1.807) is 46.8 Å². The molecule has 1 aromatic carbocycles. The summed E-state index contributed by atoms with van der Waals surface area (Å²) in [4.78, 5) is 64.1. The van der Waals surface area contributed by atoms with Gasteiger partial charge in [0.25, 0.3) is 0 Å². The van der Waals surface area contributed by atoms with Crippen LogP contribution in [0.2, 0.25) is 0 Å². The van der Waals surface area contributed by atoms with Gasteiger partial charge in [-0.05, 0) is 70.9 Å². The van der Waals surface area contributed by atoms with Gasteiger partial charge in [0.15, 0.2) is 0 Å². The molecule has 222 valence electrons. The number of ether oxygens (including phenoxy) is 1. The Hall–Kier alpha value is -3.83. The minimum Gasteiger partial charge on any atom is -0.480 e. The Morgan fingerprint density at radius 1 is 1.05 bits per heavy atom. The Kier molecular flexibility index (Phi) is 12.2. The number of aliphatic carboxylic acids is 1. The summed E-state index contributed by atoms with van der Waals surface area (Å²) in [6, 6.07) is 5.77. The maximum absolute atomic E-state index is 13.3. The van der Waals surface area contributed by atoms with Crippen molar-refractivity contribution >= 4 is 35.6 Å². The number of nitrogens with zero attached hydrogens (tertiary/aromatic N) is 1. The van der Waals surface area contributed by atoms with E-state index in [4.69, 9.17) is 4.74 Å². The molecule has 3 atom stereocenters. The van der Waals surface area contributed by atoms with E-state index in [2.05, 4.69) is 21.3 Å². The number of amides is 5. The van der Waals surface area contributed by atoms with Crippen molar-refractivity contribution in [3.8, 4) is 0 Å². The van der Waals surface area contributed by atoms with Gasteiger partial charge in [-0.3, -0.25) is 9.59 Å². The number of likely N-dealkylation sites (tertiary alicyclic amines) is 1. The highest BCUT2D eigenvalue weighted by molar-refractivity contribution is 5.93. The van der Waals surface area contributed by atoms with Crippen LogP contribution in [0, 0.1) is 5.92 Å². The van der Waals surface area contributed by atoms with Crippen LogP contribution in [-0.2, 0) is 19.1 Å². The first-order chi connectivity index (χ1) is 18.8. The number of hydrogen-bond donors (Lipinski definition) is 5. The minimum absolute atomic E-state index is 0.230. The van der Waals surface area contributed by atoms with Crippen molar-refractivity contribution in [1.29, 1.82) is 0 Å². The molecule has 0 aliphatic carbocycles. The van der Waals surface area contributed by atoms with Crippen LogP contribution in [0.5, 0.6) is 0 Å². The predicted molar refractivity (Wildman–Crippen MR) is 150 cm³/mol. The lowest BCUT2D eigenvalue weighted by Crippen LogP contribution is -2.57. The number of unbranched alkanes of at least 4 members (excludes halogenated alkanes) is 1. The van der Waals surface area contributed by atoms with Gasteiger partial charge >= 0.3 is 18.1 Å². The number of carboxylic acids is 1. The molecule has 12 nitrogen and oxygen atoms in total. The highest BCUT2D eigenvalue weighted by Crippen LogP contribution is 2.20. The van der Waals surface area contributed by atoms with E-state index in [9.17, 15) is 29.1 Å². The average Bonchev–Trinajstić information content (AvgIpc) is 3.35. The van der Waals surface area contributed by atoms with Crippen LogP contribution in [0.3, 0.4) is 0 Å². The molecule has 1 aliphatic rings. The molecule has 1 fully saturated rings. The van der Waals surface area contributed by atoms with E-state index in [1.165, 1.54) is 4.90 Å². The maximum atomic E-state index is 13.3. The lowest BCUT2D eigenvalue weighted by atomic mass is 10.0. The number of carbonyl (C=O) groups excluding carboxylic acids is 4. The third-order valence-corrected chi connectivity index (χ3v) is 6.30. The molecule has 12 heteroatoms. The van der Waals surface area contributed by atoms with Crippen LogP contribution < -0.4 is 21.3 Å². The molecule has 1 aromatic rings. The number of urea groups is 1. The van der Waals surface area contributed by atoms with Gasteiger partial charge in [-0.15, -0.1) is 0 Å². The van der Waals surface area contributed by atoms with Crippen molar-refractivity contribution < 1.29 is 33.8 Å². The van der Waals surface area contributed by atoms with Gasteiger partial charge in [0, 0.05) is 18.8 Å². The Balaban J connectivity index is 1.99. The summed E-state index contributed by atoms with van der Waals surface area (Å²) in [5.74, 6) is -2.42. The summed E-state index contributed by atoms with van der Waals surface area (Å²) in [6.07, 6.45) is 1.40. The van der Waals surface area contributed by atoms with Crippen molar-refractivity contribution in [3.05, 3.63) is 30.3 Å². The third-order valence-electron chi connectivity index (χ3n) is 6.30. The number of alkyl carbamates (subject to hydrolysis) is 1. The number of anilines is 1. The number of para-hydroxylation sites is 1. The summed E-state index contributed by atoms with van der Waals surface area (Å²) in [7, 11) is 0. The highest BCUT2D eigenvalue weighted by atomic mass is 16.6. The fourth-order valence-electron chi connectivity index (χ4n) is 4.32. The van der Waals surface area contributed by atoms with Crippen LogP contribution >= 0.6 is 0 Å². The molecule has 0 radical (unpaired) electrons. The monoisotopic (exact) mass is 561 g/mol.